The van der Waals surface area contributed by atoms with Crippen molar-refractivity contribution in [1.29, 1.82) is 0 Å². The molecule has 1 heterocycles. The molecule has 0 aliphatic heterocycles. The van der Waals surface area contributed by atoms with E-state index in [0.29, 0.717) is 11.6 Å². The zero-order chi connectivity index (χ0) is 17.4. The van der Waals surface area contributed by atoms with Crippen molar-refractivity contribution in [3.8, 4) is 0 Å². The second-order valence-electron chi connectivity index (χ2n) is 4.60. The number of nitrogens with one attached hydrogen (secondary N) is 1. The minimum Gasteiger partial charge on any atom is -0.478 e. The Balaban J connectivity index is 2.51. The summed E-state index contributed by atoms with van der Waals surface area (Å²) in [7, 11) is -4.15. The number of anilines is 2. The molecule has 0 bridgehead atoms. The van der Waals surface area contributed by atoms with Gasteiger partial charge in [-0.15, -0.1) is 0 Å². The molecule has 2 aromatic rings. The van der Waals surface area contributed by atoms with E-state index in [0.717, 1.165) is 12.3 Å². The van der Waals surface area contributed by atoms with Gasteiger partial charge in [0.05, 0.1) is 16.9 Å². The van der Waals surface area contributed by atoms with Gasteiger partial charge in [0.1, 0.15) is 15.9 Å². The van der Waals surface area contributed by atoms with E-state index < -0.39 is 33.1 Å². The second kappa shape index (κ2) is 6.01. The Morgan fingerprint density at radius 1 is 1.39 bits per heavy atom. The molecule has 4 N–H and O–H groups in total. The second-order valence-corrected chi connectivity index (χ2v) is 6.64. The van der Waals surface area contributed by atoms with E-state index in [2.05, 4.69) is 9.71 Å². The van der Waals surface area contributed by atoms with Crippen molar-refractivity contribution < 1.29 is 22.7 Å². The lowest BCUT2D eigenvalue weighted by Crippen LogP contribution is -2.17. The van der Waals surface area contributed by atoms with Crippen LogP contribution in [-0.4, -0.2) is 24.5 Å². The minimum atomic E-state index is -4.15. The summed E-state index contributed by atoms with van der Waals surface area (Å²) in [5.74, 6) is -2.42. The molecule has 0 aliphatic rings. The molecule has 0 aliphatic carbocycles. The number of hydrogen-bond donors (Lipinski definition) is 3. The first-order valence-electron chi connectivity index (χ1n) is 6.09. The fourth-order valence-electron chi connectivity index (χ4n) is 1.87. The highest BCUT2D eigenvalue weighted by atomic mass is 35.5. The van der Waals surface area contributed by atoms with Crippen LogP contribution in [0.5, 0.6) is 0 Å². The average Bonchev–Trinajstić information content (AvgIpc) is 2.41. The maximum absolute atomic E-state index is 13.5. The van der Waals surface area contributed by atoms with E-state index >= 15 is 0 Å². The van der Waals surface area contributed by atoms with E-state index in [-0.39, 0.29) is 15.7 Å². The van der Waals surface area contributed by atoms with Crippen molar-refractivity contribution in [1.82, 2.24) is 4.98 Å². The number of rotatable bonds is 4. The van der Waals surface area contributed by atoms with Crippen LogP contribution in [0.4, 0.5) is 15.8 Å². The highest BCUT2D eigenvalue weighted by molar-refractivity contribution is 7.92. The molecule has 2 rings (SSSR count). The first-order valence-corrected chi connectivity index (χ1v) is 7.95. The van der Waals surface area contributed by atoms with Crippen LogP contribution in [0, 0.1) is 12.7 Å². The molecule has 122 valence electrons. The maximum atomic E-state index is 13.5. The van der Waals surface area contributed by atoms with Gasteiger partial charge in [0.25, 0.3) is 10.0 Å². The number of nitrogens with two attached hydrogens (primary N) is 1. The number of aromatic carboxylic acids is 1. The van der Waals surface area contributed by atoms with Crippen LogP contribution in [0.25, 0.3) is 0 Å². The SMILES string of the molecule is Cc1cc(Cl)ncc1S(=O)(=O)Nc1cc(F)cc(C(=O)O)c1N. The zero-order valence-corrected chi connectivity index (χ0v) is 13.2. The number of nitrogen functional groups attached to an aromatic ring is 1. The van der Waals surface area contributed by atoms with Gasteiger partial charge in [-0.2, -0.15) is 0 Å². The summed E-state index contributed by atoms with van der Waals surface area (Å²) in [5, 5.41) is 9.07. The minimum absolute atomic E-state index is 0.111. The number of carboxylic acids is 1. The largest absolute Gasteiger partial charge is 0.478 e. The van der Waals surface area contributed by atoms with Gasteiger partial charge in [-0.1, -0.05) is 11.6 Å². The molecule has 10 heteroatoms. The van der Waals surface area contributed by atoms with Crippen molar-refractivity contribution in [2.45, 2.75) is 11.8 Å². The predicted molar refractivity (Wildman–Crippen MR) is 82.6 cm³/mol. The van der Waals surface area contributed by atoms with Gasteiger partial charge < -0.3 is 10.8 Å². The molecule has 1 aromatic heterocycles. The van der Waals surface area contributed by atoms with E-state index in [4.69, 9.17) is 22.4 Å². The molecular formula is C13H11ClFN3O4S. The number of carboxylic acid groups (broad SMARTS) is 1. The van der Waals surface area contributed by atoms with Crippen molar-refractivity contribution >= 4 is 39.0 Å². The topological polar surface area (TPSA) is 122 Å². The summed E-state index contributed by atoms with van der Waals surface area (Å²) in [5.41, 5.74) is 4.57. The molecule has 0 atom stereocenters. The van der Waals surface area contributed by atoms with Crippen molar-refractivity contribution in [2.24, 2.45) is 0 Å². The Hall–Kier alpha value is -2.39. The smallest absolute Gasteiger partial charge is 0.337 e. The van der Waals surface area contributed by atoms with Gasteiger partial charge in [0, 0.05) is 12.3 Å². The summed E-state index contributed by atoms with van der Waals surface area (Å²) < 4.78 is 40.3. The summed E-state index contributed by atoms with van der Waals surface area (Å²) in [6.07, 6.45) is 1.04. The van der Waals surface area contributed by atoms with Crippen molar-refractivity contribution in [3.05, 3.63) is 46.5 Å². The highest BCUT2D eigenvalue weighted by Crippen LogP contribution is 2.28. The fraction of sp³-hybridized carbons (Fsp3) is 0.0769. The number of aryl methyl sites for hydroxylation is 1. The molecule has 0 saturated carbocycles. The standard InChI is InChI=1S/C13H11ClFN3O4S/c1-6-2-11(14)17-5-10(6)23(21,22)18-9-4-7(15)3-8(12(9)16)13(19)20/h2-5,18H,16H2,1H3,(H,19,20). The quantitative estimate of drug-likeness (QED) is 0.568. The average molecular weight is 360 g/mol. The summed E-state index contributed by atoms with van der Waals surface area (Å²) in [4.78, 5) is 14.5. The Labute approximate surface area is 136 Å². The van der Waals surface area contributed by atoms with Crippen molar-refractivity contribution in [3.63, 3.8) is 0 Å². The molecule has 0 fully saturated rings. The predicted octanol–water partition coefficient (Wildman–Crippen LogP) is 2.26. The molecule has 7 nitrogen and oxygen atoms in total. The summed E-state index contributed by atoms with van der Waals surface area (Å²) >= 11 is 5.67. The Kier molecular flexibility index (Phi) is 4.44. The number of pyridine rings is 1. The molecule has 23 heavy (non-hydrogen) atoms. The van der Waals surface area contributed by atoms with Gasteiger partial charge >= 0.3 is 5.97 Å². The van der Waals surface area contributed by atoms with Gasteiger partial charge in [0.15, 0.2) is 0 Å². The number of carbonyl (C=O) groups is 1. The van der Waals surface area contributed by atoms with E-state index in [1.165, 1.54) is 13.0 Å². The number of halogens is 2. The van der Waals surface area contributed by atoms with Crippen LogP contribution in [0.3, 0.4) is 0 Å². The number of nitrogens with zero attached hydrogens (tertiary/aromatic N) is 1. The van der Waals surface area contributed by atoms with E-state index in [1.807, 2.05) is 0 Å². The first-order chi connectivity index (χ1) is 10.6. The lowest BCUT2D eigenvalue weighted by atomic mass is 10.1. The van der Waals surface area contributed by atoms with Crippen LogP contribution >= 0.6 is 11.6 Å². The number of aromatic nitrogens is 1. The van der Waals surface area contributed by atoms with E-state index in [1.54, 1.807) is 0 Å². The monoisotopic (exact) mass is 359 g/mol. The fourth-order valence-corrected chi connectivity index (χ4v) is 3.32. The lowest BCUT2D eigenvalue weighted by molar-refractivity contribution is 0.0697. The number of sulfonamides is 1. The summed E-state index contributed by atoms with van der Waals surface area (Å²) in [6.45, 7) is 1.50. The Morgan fingerprint density at radius 3 is 2.61 bits per heavy atom. The third kappa shape index (κ3) is 3.51. The number of hydrogen-bond acceptors (Lipinski definition) is 5. The highest BCUT2D eigenvalue weighted by Gasteiger charge is 2.22. The molecule has 0 amide bonds. The summed E-state index contributed by atoms with van der Waals surface area (Å²) in [6, 6.07) is 2.83. The van der Waals surface area contributed by atoms with E-state index in [9.17, 15) is 17.6 Å². The van der Waals surface area contributed by atoms with Crippen molar-refractivity contribution in [2.75, 3.05) is 10.5 Å². The zero-order valence-electron chi connectivity index (χ0n) is 11.7. The normalized spacial score (nSPS) is 11.3. The van der Waals surface area contributed by atoms with Gasteiger partial charge in [0.2, 0.25) is 0 Å². The van der Waals surface area contributed by atoms with Crippen LogP contribution in [0.15, 0.2) is 29.3 Å². The van der Waals surface area contributed by atoms with Crippen LogP contribution in [-0.2, 0) is 10.0 Å². The Morgan fingerprint density at radius 2 is 2.04 bits per heavy atom. The third-order valence-corrected chi connectivity index (χ3v) is 4.64. The van der Waals surface area contributed by atoms with Crippen LogP contribution in [0.2, 0.25) is 5.15 Å². The molecule has 0 spiro atoms. The van der Waals surface area contributed by atoms with Gasteiger partial charge in [-0.05, 0) is 24.6 Å². The van der Waals surface area contributed by atoms with Crippen LogP contribution < -0.4 is 10.5 Å². The molecule has 0 unspecified atom stereocenters. The maximum Gasteiger partial charge on any atom is 0.337 e. The van der Waals surface area contributed by atoms with Crippen LogP contribution in [0.1, 0.15) is 15.9 Å². The molecule has 0 radical (unpaired) electrons. The third-order valence-electron chi connectivity index (χ3n) is 2.94. The molecule has 1 aromatic carbocycles. The van der Waals surface area contributed by atoms with Gasteiger partial charge in [-0.25, -0.2) is 22.6 Å². The molecule has 0 saturated heterocycles. The van der Waals surface area contributed by atoms with Gasteiger partial charge in [-0.3, -0.25) is 4.72 Å². The first kappa shape index (κ1) is 17.0. The molecular weight excluding hydrogens is 349 g/mol. The Bertz CT molecular complexity index is 902. The lowest BCUT2D eigenvalue weighted by Gasteiger charge is -2.13. The number of benzene rings is 1.